The third-order valence-corrected chi connectivity index (χ3v) is 1.01. The molecule has 0 heterocycles. The van der Waals surface area contributed by atoms with Crippen molar-refractivity contribution in [1.29, 1.82) is 0 Å². The molecule has 0 aliphatic rings. The second-order valence-electron chi connectivity index (χ2n) is 3.27. The monoisotopic (exact) mass is 193 g/mol. The minimum atomic E-state index is -0.770. The maximum absolute atomic E-state index is 10.8. The van der Waals surface area contributed by atoms with Gasteiger partial charge in [-0.15, -0.1) is 11.6 Å². The standard InChI is InChI=1S/C7H12ClNO3/c1-7(2,3)9-6(11)12-5(10)4-8/h4H2,1-3H3,(H,9,11). The number of alkyl carbamates (subject to hydrolysis) is 1. The Balaban J connectivity index is 3.83. The fraction of sp³-hybridized carbons (Fsp3) is 0.714. The lowest BCUT2D eigenvalue weighted by Gasteiger charge is -2.18. The van der Waals surface area contributed by atoms with Gasteiger partial charge in [0.1, 0.15) is 5.88 Å². The molecule has 1 N–H and O–H groups in total. The van der Waals surface area contributed by atoms with Crippen molar-refractivity contribution in [3.63, 3.8) is 0 Å². The maximum atomic E-state index is 10.8. The molecule has 0 spiro atoms. The SMILES string of the molecule is CC(C)(C)NC(=O)OC(=O)CCl. The van der Waals surface area contributed by atoms with E-state index in [9.17, 15) is 9.59 Å². The molecule has 70 valence electrons. The highest BCUT2D eigenvalue weighted by Crippen LogP contribution is 1.99. The van der Waals surface area contributed by atoms with E-state index < -0.39 is 17.6 Å². The largest absolute Gasteiger partial charge is 0.415 e. The Labute approximate surface area is 76.2 Å². The van der Waals surface area contributed by atoms with E-state index in [1.165, 1.54) is 0 Å². The molecule has 0 bridgehead atoms. The highest BCUT2D eigenvalue weighted by atomic mass is 35.5. The van der Waals surface area contributed by atoms with E-state index in [1.807, 2.05) is 0 Å². The number of rotatable bonds is 1. The third kappa shape index (κ3) is 5.97. The van der Waals surface area contributed by atoms with Crippen LogP contribution in [0.2, 0.25) is 0 Å². The molecule has 0 unspecified atom stereocenters. The Morgan fingerprint density at radius 3 is 2.25 bits per heavy atom. The third-order valence-electron chi connectivity index (χ3n) is 0.793. The lowest BCUT2D eigenvalue weighted by atomic mass is 10.1. The molecular formula is C7H12ClNO3. The predicted molar refractivity (Wildman–Crippen MR) is 45.1 cm³/mol. The van der Waals surface area contributed by atoms with E-state index >= 15 is 0 Å². The summed E-state index contributed by atoms with van der Waals surface area (Å²) in [5, 5.41) is 2.44. The Bertz CT molecular complexity index is 186. The van der Waals surface area contributed by atoms with E-state index in [0.717, 1.165) is 0 Å². The molecule has 0 aromatic carbocycles. The van der Waals surface area contributed by atoms with Crippen LogP contribution < -0.4 is 5.32 Å². The van der Waals surface area contributed by atoms with Gasteiger partial charge in [-0.25, -0.2) is 4.79 Å². The fourth-order valence-corrected chi connectivity index (χ4v) is 0.517. The van der Waals surface area contributed by atoms with Crippen LogP contribution in [0.4, 0.5) is 4.79 Å². The van der Waals surface area contributed by atoms with Crippen molar-refractivity contribution in [1.82, 2.24) is 5.32 Å². The minimum absolute atomic E-state index is 0.322. The van der Waals surface area contributed by atoms with Gasteiger partial charge in [0.15, 0.2) is 0 Å². The van der Waals surface area contributed by atoms with E-state index in [1.54, 1.807) is 20.8 Å². The summed E-state index contributed by atoms with van der Waals surface area (Å²) in [6.07, 6.45) is -0.770. The maximum Gasteiger partial charge on any atom is 0.415 e. The summed E-state index contributed by atoms with van der Waals surface area (Å²) in [5.74, 6) is -1.07. The van der Waals surface area contributed by atoms with Crippen LogP contribution in [-0.4, -0.2) is 23.5 Å². The van der Waals surface area contributed by atoms with Crippen molar-refractivity contribution in [3.8, 4) is 0 Å². The van der Waals surface area contributed by atoms with E-state index in [2.05, 4.69) is 10.1 Å². The zero-order valence-corrected chi connectivity index (χ0v) is 8.07. The van der Waals surface area contributed by atoms with Gasteiger partial charge in [0, 0.05) is 5.54 Å². The number of esters is 1. The smallest absolute Gasteiger partial charge is 0.375 e. The molecule has 0 saturated carbocycles. The van der Waals surface area contributed by atoms with Crippen LogP contribution in [0.1, 0.15) is 20.8 Å². The molecule has 12 heavy (non-hydrogen) atoms. The van der Waals surface area contributed by atoms with Crippen LogP contribution in [0.15, 0.2) is 0 Å². The van der Waals surface area contributed by atoms with Crippen LogP contribution >= 0.6 is 11.6 Å². The number of carbonyl (C=O) groups excluding carboxylic acids is 2. The molecule has 0 atom stereocenters. The van der Waals surface area contributed by atoms with Gasteiger partial charge in [-0.05, 0) is 20.8 Å². The lowest BCUT2D eigenvalue weighted by molar-refractivity contribution is -0.134. The summed E-state index contributed by atoms with van der Waals surface area (Å²) in [4.78, 5) is 21.3. The molecule has 1 amide bonds. The number of hydrogen-bond donors (Lipinski definition) is 1. The Morgan fingerprint density at radius 1 is 1.42 bits per heavy atom. The van der Waals surface area contributed by atoms with E-state index in [4.69, 9.17) is 11.6 Å². The Hall–Kier alpha value is -0.770. The van der Waals surface area contributed by atoms with Crippen LogP contribution in [0, 0.1) is 0 Å². The average molecular weight is 194 g/mol. The number of hydrogen-bond acceptors (Lipinski definition) is 3. The first kappa shape index (κ1) is 11.2. The van der Waals surface area contributed by atoms with Gasteiger partial charge in [0.25, 0.3) is 0 Å². The number of nitrogens with one attached hydrogen (secondary N) is 1. The molecule has 0 aromatic rings. The number of halogens is 1. The number of alkyl halides is 1. The van der Waals surface area contributed by atoms with Gasteiger partial charge >= 0.3 is 12.1 Å². The summed E-state index contributed by atoms with van der Waals surface area (Å²) >= 11 is 5.11. The van der Waals surface area contributed by atoms with Gasteiger partial charge in [-0.3, -0.25) is 4.79 Å². The van der Waals surface area contributed by atoms with Crippen molar-refractivity contribution in [2.24, 2.45) is 0 Å². The highest BCUT2D eigenvalue weighted by molar-refractivity contribution is 6.26. The fourth-order valence-electron chi connectivity index (χ4n) is 0.462. The first-order valence-corrected chi connectivity index (χ1v) is 3.97. The molecule has 0 saturated heterocycles. The second-order valence-corrected chi connectivity index (χ2v) is 3.54. The Morgan fingerprint density at radius 2 is 1.92 bits per heavy atom. The van der Waals surface area contributed by atoms with Crippen LogP contribution in [0.3, 0.4) is 0 Å². The van der Waals surface area contributed by atoms with Crippen molar-refractivity contribution in [2.75, 3.05) is 5.88 Å². The first-order valence-electron chi connectivity index (χ1n) is 3.44. The van der Waals surface area contributed by atoms with Crippen molar-refractivity contribution >= 4 is 23.7 Å². The van der Waals surface area contributed by atoms with Gasteiger partial charge in [-0.2, -0.15) is 0 Å². The molecule has 0 aromatic heterocycles. The zero-order valence-electron chi connectivity index (χ0n) is 7.31. The summed E-state index contributed by atoms with van der Waals surface area (Å²) in [6.45, 7) is 5.33. The number of ether oxygens (including phenoxy) is 1. The zero-order chi connectivity index (χ0) is 9.78. The molecule has 0 radical (unpaired) electrons. The summed E-state index contributed by atoms with van der Waals surface area (Å²) in [6, 6.07) is 0. The average Bonchev–Trinajstić information content (AvgIpc) is 1.82. The molecule has 4 nitrogen and oxygen atoms in total. The topological polar surface area (TPSA) is 55.4 Å². The van der Waals surface area contributed by atoms with Crippen LogP contribution in [0.25, 0.3) is 0 Å². The lowest BCUT2D eigenvalue weighted by Crippen LogP contribution is -2.41. The van der Waals surface area contributed by atoms with E-state index in [0.29, 0.717) is 0 Å². The molecule has 5 heteroatoms. The highest BCUT2D eigenvalue weighted by Gasteiger charge is 2.16. The first-order chi connectivity index (χ1) is 5.35. The van der Waals surface area contributed by atoms with Crippen molar-refractivity contribution < 1.29 is 14.3 Å². The van der Waals surface area contributed by atoms with Gasteiger partial charge in [-0.1, -0.05) is 0 Å². The predicted octanol–water partition coefficient (Wildman–Crippen LogP) is 1.28. The van der Waals surface area contributed by atoms with Gasteiger partial charge in [0.2, 0.25) is 0 Å². The van der Waals surface area contributed by atoms with Crippen LogP contribution in [-0.2, 0) is 9.53 Å². The number of amides is 1. The van der Waals surface area contributed by atoms with Crippen molar-refractivity contribution in [2.45, 2.75) is 26.3 Å². The normalized spacial score (nSPS) is 10.7. The number of carbonyl (C=O) groups is 2. The second kappa shape index (κ2) is 4.30. The molecule has 0 aliphatic carbocycles. The summed E-state index contributed by atoms with van der Waals surface area (Å²) < 4.78 is 4.25. The summed E-state index contributed by atoms with van der Waals surface area (Å²) in [5.41, 5.74) is -0.413. The van der Waals surface area contributed by atoms with Gasteiger partial charge in [0.05, 0.1) is 0 Å². The molecular weight excluding hydrogens is 182 g/mol. The molecule has 0 aliphatic heterocycles. The Kier molecular flexibility index (Phi) is 4.03. The van der Waals surface area contributed by atoms with Crippen LogP contribution in [0.5, 0.6) is 0 Å². The van der Waals surface area contributed by atoms with Gasteiger partial charge < -0.3 is 10.1 Å². The van der Waals surface area contributed by atoms with Crippen molar-refractivity contribution in [3.05, 3.63) is 0 Å². The minimum Gasteiger partial charge on any atom is -0.375 e. The summed E-state index contributed by atoms with van der Waals surface area (Å²) in [7, 11) is 0. The molecule has 0 rings (SSSR count). The quantitative estimate of drug-likeness (QED) is 0.388. The molecule has 0 fully saturated rings. The van der Waals surface area contributed by atoms with E-state index in [-0.39, 0.29) is 5.88 Å².